The Kier molecular flexibility index (Phi) is 2.64. The maximum atomic E-state index is 11.3. The van der Waals surface area contributed by atoms with Crippen LogP contribution in [0.4, 0.5) is 0 Å². The summed E-state index contributed by atoms with van der Waals surface area (Å²) in [4.78, 5) is 19.7. The van der Waals surface area contributed by atoms with Gasteiger partial charge in [0.25, 0.3) is 5.88 Å². The minimum Gasteiger partial charge on any atom is -0.449 e. The lowest BCUT2D eigenvalue weighted by Crippen LogP contribution is -2.20. The van der Waals surface area contributed by atoms with Gasteiger partial charge in [0.1, 0.15) is 16.9 Å². The molecule has 0 bridgehead atoms. The Hall–Kier alpha value is -2.47. The second-order valence-corrected chi connectivity index (χ2v) is 4.03. The Balaban J connectivity index is 2.29. The molecule has 0 saturated carbocycles. The fraction of sp³-hybridized carbons (Fsp3) is 0.154. The van der Waals surface area contributed by atoms with Gasteiger partial charge in [0.05, 0.1) is 6.54 Å². The monoisotopic (exact) mass is 257 g/mol. The molecule has 6 heteroatoms. The third-order valence-corrected chi connectivity index (χ3v) is 2.68. The predicted octanol–water partition coefficient (Wildman–Crippen LogP) is 1.55. The average Bonchev–Trinajstić information content (AvgIpc) is 2.77. The predicted molar refractivity (Wildman–Crippen MR) is 68.7 cm³/mol. The van der Waals surface area contributed by atoms with E-state index in [0.29, 0.717) is 22.5 Å². The number of carbonyl (C=O) groups excluding carboxylic acids is 1. The van der Waals surface area contributed by atoms with Crippen molar-refractivity contribution in [1.82, 2.24) is 9.97 Å². The van der Waals surface area contributed by atoms with Crippen molar-refractivity contribution in [1.29, 1.82) is 0 Å². The second kappa shape index (κ2) is 4.33. The highest BCUT2D eigenvalue weighted by atomic mass is 16.5. The van der Waals surface area contributed by atoms with Crippen molar-refractivity contribution >= 4 is 28.0 Å². The van der Waals surface area contributed by atoms with Gasteiger partial charge < -0.3 is 14.9 Å². The Bertz CT molecular complexity index is 779. The summed E-state index contributed by atoms with van der Waals surface area (Å²) in [5.41, 5.74) is 6.88. The molecule has 0 aliphatic rings. The molecule has 3 aromatic rings. The molecule has 2 N–H and O–H groups in total. The van der Waals surface area contributed by atoms with E-state index in [9.17, 15) is 4.79 Å². The van der Waals surface area contributed by atoms with E-state index in [0.717, 1.165) is 5.39 Å². The first-order valence-electron chi connectivity index (χ1n) is 5.75. The molecule has 0 unspecified atom stereocenters. The van der Waals surface area contributed by atoms with Crippen molar-refractivity contribution in [2.45, 2.75) is 6.92 Å². The normalized spacial score (nSPS) is 11.1. The van der Waals surface area contributed by atoms with E-state index in [4.69, 9.17) is 14.9 Å². The molecule has 0 atom stereocenters. The number of rotatable bonds is 2. The second-order valence-electron chi connectivity index (χ2n) is 4.03. The van der Waals surface area contributed by atoms with E-state index in [1.54, 1.807) is 6.92 Å². The largest absolute Gasteiger partial charge is 0.449 e. The van der Waals surface area contributed by atoms with Crippen molar-refractivity contribution in [3.05, 3.63) is 30.1 Å². The SMILES string of the molecule is Cc1nc(OC(=O)CN)c2oc3ccccc3c2n1. The fourth-order valence-electron chi connectivity index (χ4n) is 1.89. The van der Waals surface area contributed by atoms with Gasteiger partial charge in [0.15, 0.2) is 0 Å². The summed E-state index contributed by atoms with van der Waals surface area (Å²) in [5.74, 6) is 0.0351. The lowest BCUT2D eigenvalue weighted by Gasteiger charge is -2.02. The molecule has 1 aromatic carbocycles. The van der Waals surface area contributed by atoms with E-state index < -0.39 is 5.97 Å². The molecule has 0 radical (unpaired) electrons. The van der Waals surface area contributed by atoms with Crippen LogP contribution < -0.4 is 10.5 Å². The molecule has 0 aliphatic carbocycles. The van der Waals surface area contributed by atoms with Crippen molar-refractivity contribution in [3.8, 4) is 5.88 Å². The molecule has 0 spiro atoms. The Morgan fingerprint density at radius 1 is 1.37 bits per heavy atom. The molecule has 0 aliphatic heterocycles. The van der Waals surface area contributed by atoms with Crippen LogP contribution in [0.2, 0.25) is 0 Å². The minimum absolute atomic E-state index is 0.106. The third kappa shape index (κ3) is 1.92. The van der Waals surface area contributed by atoms with Crippen LogP contribution >= 0.6 is 0 Å². The minimum atomic E-state index is -0.570. The van der Waals surface area contributed by atoms with Crippen LogP contribution in [0, 0.1) is 6.92 Å². The number of nitrogens with two attached hydrogens (primary N) is 1. The van der Waals surface area contributed by atoms with Crippen LogP contribution in [0.1, 0.15) is 5.82 Å². The zero-order chi connectivity index (χ0) is 13.4. The summed E-state index contributed by atoms with van der Waals surface area (Å²) in [5, 5.41) is 0.855. The lowest BCUT2D eigenvalue weighted by atomic mass is 10.2. The molecule has 96 valence electrons. The molecule has 6 nitrogen and oxygen atoms in total. The maximum Gasteiger partial charge on any atom is 0.326 e. The number of fused-ring (bicyclic) bond motifs is 3. The fourth-order valence-corrected chi connectivity index (χ4v) is 1.89. The van der Waals surface area contributed by atoms with Crippen molar-refractivity contribution < 1.29 is 13.9 Å². The van der Waals surface area contributed by atoms with Crippen LogP contribution in [-0.4, -0.2) is 22.5 Å². The first kappa shape index (κ1) is 11.6. The molecular formula is C13H11N3O3. The van der Waals surface area contributed by atoms with Gasteiger partial charge in [-0.15, -0.1) is 0 Å². The van der Waals surface area contributed by atoms with Crippen LogP contribution in [0.3, 0.4) is 0 Å². The first-order chi connectivity index (χ1) is 9.19. The van der Waals surface area contributed by atoms with Crippen LogP contribution in [-0.2, 0) is 4.79 Å². The number of benzene rings is 1. The quantitative estimate of drug-likeness (QED) is 0.700. The third-order valence-electron chi connectivity index (χ3n) is 2.68. The Morgan fingerprint density at radius 2 is 2.16 bits per heavy atom. The summed E-state index contributed by atoms with van der Waals surface area (Å²) in [6.07, 6.45) is 0. The number of furan rings is 1. The van der Waals surface area contributed by atoms with Crippen LogP contribution in [0.15, 0.2) is 28.7 Å². The molecule has 2 aromatic heterocycles. The summed E-state index contributed by atoms with van der Waals surface area (Å²) in [7, 11) is 0. The highest BCUT2D eigenvalue weighted by Crippen LogP contribution is 2.32. The van der Waals surface area contributed by atoms with Crippen LogP contribution in [0.5, 0.6) is 5.88 Å². The molecule has 0 fully saturated rings. The van der Waals surface area contributed by atoms with Crippen molar-refractivity contribution in [2.75, 3.05) is 6.54 Å². The number of esters is 1. The molecule has 0 amide bonds. The van der Waals surface area contributed by atoms with Gasteiger partial charge in [-0.05, 0) is 19.1 Å². The number of hydrogen-bond donors (Lipinski definition) is 1. The number of nitrogens with zero attached hydrogens (tertiary/aromatic N) is 2. The van der Waals surface area contributed by atoms with Gasteiger partial charge in [-0.25, -0.2) is 4.98 Å². The summed E-state index contributed by atoms with van der Waals surface area (Å²) < 4.78 is 10.7. The summed E-state index contributed by atoms with van der Waals surface area (Å²) >= 11 is 0. The molecule has 19 heavy (non-hydrogen) atoms. The number of carbonyl (C=O) groups is 1. The van der Waals surface area contributed by atoms with Crippen molar-refractivity contribution in [2.24, 2.45) is 5.73 Å². The number of para-hydroxylation sites is 1. The smallest absolute Gasteiger partial charge is 0.326 e. The number of ether oxygens (including phenoxy) is 1. The summed E-state index contributed by atoms with van der Waals surface area (Å²) in [6.45, 7) is 1.51. The summed E-state index contributed by atoms with van der Waals surface area (Å²) in [6, 6.07) is 7.46. The zero-order valence-electron chi connectivity index (χ0n) is 10.2. The standard InChI is InChI=1S/C13H11N3O3/c1-7-15-11-8-4-2-3-5-9(8)18-12(11)13(16-7)19-10(17)6-14/h2-5H,6,14H2,1H3. The van der Waals surface area contributed by atoms with Gasteiger partial charge in [-0.3, -0.25) is 4.79 Å². The zero-order valence-corrected chi connectivity index (χ0v) is 10.2. The highest BCUT2D eigenvalue weighted by molar-refractivity contribution is 6.04. The lowest BCUT2D eigenvalue weighted by molar-refractivity contribution is -0.133. The Morgan fingerprint density at radius 3 is 2.95 bits per heavy atom. The van der Waals surface area contributed by atoms with Gasteiger partial charge in [-0.1, -0.05) is 12.1 Å². The molecule has 2 heterocycles. The van der Waals surface area contributed by atoms with E-state index >= 15 is 0 Å². The molecule has 0 saturated heterocycles. The van der Waals surface area contributed by atoms with Gasteiger partial charge in [-0.2, -0.15) is 4.98 Å². The van der Waals surface area contributed by atoms with E-state index in [1.807, 2.05) is 24.3 Å². The highest BCUT2D eigenvalue weighted by Gasteiger charge is 2.17. The van der Waals surface area contributed by atoms with Crippen molar-refractivity contribution in [3.63, 3.8) is 0 Å². The van der Waals surface area contributed by atoms with Gasteiger partial charge in [0, 0.05) is 5.39 Å². The maximum absolute atomic E-state index is 11.3. The first-order valence-corrected chi connectivity index (χ1v) is 5.75. The van der Waals surface area contributed by atoms with E-state index in [-0.39, 0.29) is 12.4 Å². The van der Waals surface area contributed by atoms with Crippen LogP contribution in [0.25, 0.3) is 22.1 Å². The number of aromatic nitrogens is 2. The number of aryl methyl sites for hydroxylation is 1. The topological polar surface area (TPSA) is 91.2 Å². The molecular weight excluding hydrogens is 246 g/mol. The average molecular weight is 257 g/mol. The van der Waals surface area contributed by atoms with E-state index in [1.165, 1.54) is 0 Å². The van der Waals surface area contributed by atoms with Gasteiger partial charge in [0.2, 0.25) is 5.58 Å². The molecule has 3 rings (SSSR count). The van der Waals surface area contributed by atoms with E-state index in [2.05, 4.69) is 9.97 Å². The Labute approximate surface area is 108 Å². The number of hydrogen-bond acceptors (Lipinski definition) is 6. The van der Waals surface area contributed by atoms with Gasteiger partial charge >= 0.3 is 5.97 Å².